The van der Waals surface area contributed by atoms with Gasteiger partial charge in [0.1, 0.15) is 11.4 Å². The fourth-order valence-corrected chi connectivity index (χ4v) is 3.33. The molecule has 1 atom stereocenters. The third-order valence-electron chi connectivity index (χ3n) is 2.69. The number of aryl methyl sites for hydroxylation is 1. The predicted molar refractivity (Wildman–Crippen MR) is 99.9 cm³/mol. The SMILES string of the molecule is Cc1ccccc1OP(=S)(S)OCCN(C)C(=O)OC(C)(C)C. The van der Waals surface area contributed by atoms with Gasteiger partial charge in [0.25, 0.3) is 5.69 Å². The maximum atomic E-state index is 11.8. The van der Waals surface area contributed by atoms with Gasteiger partial charge in [-0.2, -0.15) is 0 Å². The Kier molecular flexibility index (Phi) is 7.39. The Hall–Kier alpha value is -0.750. The summed E-state index contributed by atoms with van der Waals surface area (Å²) in [4.78, 5) is 13.3. The number of nitrogens with zero attached hydrogens (tertiary/aromatic N) is 1. The number of carbonyl (C=O) groups excluding carboxylic acids is 1. The Morgan fingerprint density at radius 2 is 1.96 bits per heavy atom. The van der Waals surface area contributed by atoms with Crippen LogP contribution in [0, 0.1) is 6.92 Å². The normalized spacial score (nSPS) is 14.0. The molecule has 1 aromatic carbocycles. The molecular formula is C15H24NO4PS2. The highest BCUT2D eigenvalue weighted by Crippen LogP contribution is 2.53. The van der Waals surface area contributed by atoms with Gasteiger partial charge in [0, 0.05) is 13.6 Å². The number of amides is 1. The van der Waals surface area contributed by atoms with Crippen LogP contribution in [0.5, 0.6) is 5.75 Å². The Labute approximate surface area is 148 Å². The first-order valence-corrected chi connectivity index (χ1v) is 11.0. The number of thiol groups is 1. The molecule has 1 aromatic rings. The number of rotatable bonds is 6. The lowest BCUT2D eigenvalue weighted by molar-refractivity contribution is 0.0279. The zero-order valence-electron chi connectivity index (χ0n) is 14.1. The maximum absolute atomic E-state index is 11.8. The van der Waals surface area contributed by atoms with Gasteiger partial charge < -0.3 is 18.7 Å². The molecule has 0 aliphatic rings. The number of carbonyl (C=O) groups is 1. The average Bonchev–Trinajstić information content (AvgIpc) is 2.39. The van der Waals surface area contributed by atoms with E-state index in [-0.39, 0.29) is 6.61 Å². The van der Waals surface area contributed by atoms with Crippen molar-refractivity contribution in [1.82, 2.24) is 4.90 Å². The van der Waals surface area contributed by atoms with Crippen LogP contribution < -0.4 is 4.52 Å². The summed E-state index contributed by atoms with van der Waals surface area (Å²) in [5, 5.41) is 0. The highest BCUT2D eigenvalue weighted by Gasteiger charge is 2.21. The molecule has 1 amide bonds. The molecule has 130 valence electrons. The summed E-state index contributed by atoms with van der Waals surface area (Å²) in [6.45, 7) is 7.94. The van der Waals surface area contributed by atoms with E-state index in [0.29, 0.717) is 12.3 Å². The van der Waals surface area contributed by atoms with E-state index in [2.05, 4.69) is 12.2 Å². The fourth-order valence-electron chi connectivity index (χ4n) is 1.53. The molecule has 8 heteroatoms. The molecule has 0 bridgehead atoms. The van der Waals surface area contributed by atoms with Crippen molar-refractivity contribution in [3.8, 4) is 5.75 Å². The molecule has 0 radical (unpaired) electrons. The summed E-state index contributed by atoms with van der Waals surface area (Å²) in [7, 11) is 1.64. The second kappa shape index (κ2) is 8.38. The Balaban J connectivity index is 2.46. The molecule has 1 rings (SSSR count). The van der Waals surface area contributed by atoms with Crippen molar-refractivity contribution in [1.29, 1.82) is 0 Å². The molecule has 0 aromatic heterocycles. The van der Waals surface area contributed by atoms with Crippen molar-refractivity contribution < 1.29 is 18.6 Å². The van der Waals surface area contributed by atoms with Gasteiger partial charge >= 0.3 is 6.09 Å². The first-order chi connectivity index (χ1) is 10.5. The largest absolute Gasteiger partial charge is 0.444 e. The lowest BCUT2D eigenvalue weighted by Crippen LogP contribution is -2.35. The molecule has 0 saturated carbocycles. The average molecular weight is 377 g/mol. The smallest absolute Gasteiger partial charge is 0.410 e. The van der Waals surface area contributed by atoms with Gasteiger partial charge in [-0.3, -0.25) is 0 Å². The van der Waals surface area contributed by atoms with E-state index in [9.17, 15) is 4.79 Å². The maximum Gasteiger partial charge on any atom is 0.410 e. The minimum absolute atomic E-state index is 0.225. The van der Waals surface area contributed by atoms with Crippen molar-refractivity contribution >= 4 is 35.8 Å². The highest BCUT2D eigenvalue weighted by atomic mass is 32.9. The van der Waals surface area contributed by atoms with Crippen molar-refractivity contribution in [3.05, 3.63) is 29.8 Å². The summed E-state index contributed by atoms with van der Waals surface area (Å²) in [5.74, 6) is 0.659. The second-order valence-electron chi connectivity index (χ2n) is 6.06. The molecule has 1 unspecified atom stereocenters. The van der Waals surface area contributed by atoms with E-state index >= 15 is 0 Å². The number of hydrogen-bond acceptors (Lipinski definition) is 5. The van der Waals surface area contributed by atoms with E-state index in [4.69, 9.17) is 25.6 Å². The van der Waals surface area contributed by atoms with Crippen LogP contribution in [0.1, 0.15) is 26.3 Å². The fraction of sp³-hybridized carbons (Fsp3) is 0.533. The zero-order valence-corrected chi connectivity index (χ0v) is 16.7. The van der Waals surface area contributed by atoms with Crippen LogP contribution in [-0.2, 0) is 21.1 Å². The van der Waals surface area contributed by atoms with E-state index in [1.165, 1.54) is 4.90 Å². The Morgan fingerprint density at radius 1 is 1.35 bits per heavy atom. The summed E-state index contributed by atoms with van der Waals surface area (Å²) in [6.07, 6.45) is -0.409. The van der Waals surface area contributed by atoms with Crippen molar-refractivity contribution in [2.24, 2.45) is 0 Å². The van der Waals surface area contributed by atoms with Crippen LogP contribution in [0.2, 0.25) is 0 Å². The molecular weight excluding hydrogens is 353 g/mol. The molecule has 0 aliphatic carbocycles. The van der Waals surface area contributed by atoms with Crippen molar-refractivity contribution in [2.75, 3.05) is 20.2 Å². The van der Waals surface area contributed by atoms with Crippen LogP contribution in [-0.4, -0.2) is 36.8 Å². The molecule has 0 N–H and O–H groups in total. The number of ether oxygens (including phenoxy) is 1. The van der Waals surface area contributed by atoms with Crippen LogP contribution in [0.4, 0.5) is 4.79 Å². The highest BCUT2D eigenvalue weighted by molar-refractivity contribution is 8.60. The quantitative estimate of drug-likeness (QED) is 0.588. The Bertz CT molecular complexity index is 589. The topological polar surface area (TPSA) is 48.0 Å². The van der Waals surface area contributed by atoms with Crippen LogP contribution >= 0.6 is 17.9 Å². The molecule has 0 aliphatic heterocycles. The van der Waals surface area contributed by atoms with Gasteiger partial charge in [-0.05, 0) is 51.1 Å². The molecule has 0 fully saturated rings. The van der Waals surface area contributed by atoms with E-state index in [0.717, 1.165) is 5.56 Å². The van der Waals surface area contributed by atoms with Gasteiger partial charge in [-0.15, -0.1) is 0 Å². The summed E-state index contributed by atoms with van der Waals surface area (Å²) < 4.78 is 16.5. The van der Waals surface area contributed by atoms with Gasteiger partial charge in [-0.25, -0.2) is 4.79 Å². The number of para-hydroxylation sites is 1. The van der Waals surface area contributed by atoms with Gasteiger partial charge in [0.05, 0.1) is 6.61 Å². The first kappa shape index (κ1) is 20.3. The summed E-state index contributed by atoms with van der Waals surface area (Å²) in [5.41, 5.74) is -2.29. The lowest BCUT2D eigenvalue weighted by atomic mass is 10.2. The van der Waals surface area contributed by atoms with Crippen LogP contribution in [0.3, 0.4) is 0 Å². The minimum atomic E-state index is -2.72. The van der Waals surface area contributed by atoms with Crippen molar-refractivity contribution in [2.45, 2.75) is 33.3 Å². The van der Waals surface area contributed by atoms with Gasteiger partial charge in [0.15, 0.2) is 0 Å². The predicted octanol–water partition coefficient (Wildman–Crippen LogP) is 4.41. The standard InChI is InChI=1S/C15H24NO4PS2/c1-12-8-6-7-9-13(12)20-21(22,23)18-11-10-16(5)14(17)19-15(2,3)4/h6-9H,10-11H2,1-5H3,(H,22,23). The van der Waals surface area contributed by atoms with Gasteiger partial charge in [-0.1, -0.05) is 30.4 Å². The molecule has 0 heterocycles. The number of likely N-dealkylation sites (N-methyl/N-ethyl adjacent to an activating group) is 1. The van der Waals surface area contributed by atoms with E-state index in [1.807, 2.05) is 52.0 Å². The number of benzene rings is 1. The minimum Gasteiger partial charge on any atom is -0.444 e. The van der Waals surface area contributed by atoms with E-state index < -0.39 is 17.4 Å². The summed E-state index contributed by atoms with van der Waals surface area (Å²) >= 11 is 9.60. The second-order valence-corrected chi connectivity index (χ2v) is 11.3. The molecule has 0 saturated heterocycles. The van der Waals surface area contributed by atoms with Gasteiger partial charge in [0.2, 0.25) is 0 Å². The Morgan fingerprint density at radius 3 is 2.52 bits per heavy atom. The third-order valence-corrected chi connectivity index (χ3v) is 4.76. The third kappa shape index (κ3) is 8.06. The molecule has 5 nitrogen and oxygen atoms in total. The number of hydrogen-bond donors (Lipinski definition) is 1. The molecule has 23 heavy (non-hydrogen) atoms. The summed E-state index contributed by atoms with van der Waals surface area (Å²) in [6, 6.07) is 7.53. The van der Waals surface area contributed by atoms with Crippen LogP contribution in [0.15, 0.2) is 24.3 Å². The van der Waals surface area contributed by atoms with Crippen LogP contribution in [0.25, 0.3) is 0 Å². The van der Waals surface area contributed by atoms with Crippen molar-refractivity contribution in [3.63, 3.8) is 0 Å². The van der Waals surface area contributed by atoms with E-state index in [1.54, 1.807) is 7.05 Å². The lowest BCUT2D eigenvalue weighted by Gasteiger charge is -2.25. The zero-order chi connectivity index (χ0) is 17.7. The molecule has 0 spiro atoms. The first-order valence-electron chi connectivity index (χ1n) is 7.17. The monoisotopic (exact) mass is 377 g/mol.